The van der Waals surface area contributed by atoms with Crippen molar-refractivity contribution in [2.24, 2.45) is 10.7 Å². The predicted octanol–water partition coefficient (Wildman–Crippen LogP) is 0.685. The first-order chi connectivity index (χ1) is 22.4. The smallest absolute Gasteiger partial charge is 0.202 e. The van der Waals surface area contributed by atoms with Crippen molar-refractivity contribution < 1.29 is 49.3 Å². The Balaban J connectivity index is 1.48. The first-order valence-corrected chi connectivity index (χ1v) is 15.3. The van der Waals surface area contributed by atoms with Gasteiger partial charge in [-0.1, -0.05) is 24.3 Å². The number of nitrogens with zero attached hydrogens (tertiary/aromatic N) is 4. The fourth-order valence-electron chi connectivity index (χ4n) is 6.68. The highest BCUT2D eigenvalue weighted by molar-refractivity contribution is 6.31. The van der Waals surface area contributed by atoms with Gasteiger partial charge in [0, 0.05) is 42.0 Å². The molecule has 1 aliphatic heterocycles. The van der Waals surface area contributed by atoms with Crippen LogP contribution in [0.3, 0.4) is 0 Å². The van der Waals surface area contributed by atoms with Crippen LogP contribution in [-0.4, -0.2) is 102 Å². The normalized spacial score (nSPS) is 27.3. The van der Waals surface area contributed by atoms with Crippen molar-refractivity contribution in [1.29, 1.82) is 0 Å². The molecule has 2 aliphatic carbocycles. The lowest BCUT2D eigenvalue weighted by molar-refractivity contribution is -0.245. The molecule has 0 radical (unpaired) electrons. The van der Waals surface area contributed by atoms with Crippen molar-refractivity contribution in [2.75, 3.05) is 13.7 Å². The van der Waals surface area contributed by atoms with Gasteiger partial charge in [0.1, 0.15) is 29.5 Å². The Morgan fingerprint density at radius 2 is 1.94 bits per heavy atom. The van der Waals surface area contributed by atoms with E-state index in [9.17, 15) is 35.1 Å². The van der Waals surface area contributed by atoms with E-state index in [0.717, 1.165) is 5.69 Å². The zero-order chi connectivity index (χ0) is 33.8. The number of aromatic hydroxyl groups is 2. The third-order valence-corrected chi connectivity index (χ3v) is 9.18. The van der Waals surface area contributed by atoms with Gasteiger partial charge in [-0.2, -0.15) is 0 Å². The Kier molecular flexibility index (Phi) is 8.63. The van der Waals surface area contributed by atoms with Gasteiger partial charge < -0.3 is 45.5 Å². The number of phenols is 2. The number of fused-ring (bicyclic) bond motifs is 3. The second-order valence-electron chi connectivity index (χ2n) is 12.1. The van der Waals surface area contributed by atoms with Crippen LogP contribution in [0.5, 0.6) is 17.2 Å². The van der Waals surface area contributed by atoms with E-state index in [-0.39, 0.29) is 53.2 Å². The molecule has 0 saturated carbocycles. The minimum absolute atomic E-state index is 0.0237. The molecule has 250 valence electrons. The summed E-state index contributed by atoms with van der Waals surface area (Å²) in [6, 6.07) is 3.74. The van der Waals surface area contributed by atoms with Gasteiger partial charge >= 0.3 is 0 Å². The van der Waals surface area contributed by atoms with Gasteiger partial charge in [-0.3, -0.25) is 14.6 Å². The second-order valence-corrected chi connectivity index (χ2v) is 12.1. The minimum Gasteiger partial charge on any atom is -0.507 e. The average Bonchev–Trinajstić information content (AvgIpc) is 3.51. The molecule has 1 fully saturated rings. The summed E-state index contributed by atoms with van der Waals surface area (Å²) in [5.74, 6) is -2.59. The summed E-state index contributed by atoms with van der Waals surface area (Å²) in [5, 5.41) is 64.4. The van der Waals surface area contributed by atoms with Crippen molar-refractivity contribution >= 4 is 17.3 Å². The lowest BCUT2D eigenvalue weighted by Gasteiger charge is -2.43. The number of nitrogens with two attached hydrogens (primary N) is 1. The maximum Gasteiger partial charge on any atom is 0.202 e. The van der Waals surface area contributed by atoms with E-state index in [1.165, 1.54) is 30.0 Å². The number of aliphatic imine (C=N–C) groups is 1. The van der Waals surface area contributed by atoms with Gasteiger partial charge in [-0.25, -0.2) is 4.68 Å². The van der Waals surface area contributed by atoms with Crippen LogP contribution in [0.15, 0.2) is 29.4 Å². The summed E-state index contributed by atoms with van der Waals surface area (Å²) in [7, 11) is 1.34. The first kappa shape index (κ1) is 32.7. The Hall–Kier alpha value is -4.25. The molecule has 2 aromatic carbocycles. The molecule has 15 heteroatoms. The molecule has 3 aromatic rings. The molecule has 1 saturated heterocycles. The van der Waals surface area contributed by atoms with Gasteiger partial charge in [0.25, 0.3) is 0 Å². The molecule has 6 unspecified atom stereocenters. The summed E-state index contributed by atoms with van der Waals surface area (Å²) in [4.78, 5) is 32.1. The SMILES string of the molecule is CCc1cn(C/N=C(/CO)C2(O)Cc3c(O)c4c(c(O)c3C(OC3CC(N)C(O)C(C)O3)C2)C(=O)c2c(OC)cccc2C4=O)nn1. The molecule has 3 aliphatic rings. The van der Waals surface area contributed by atoms with Crippen LogP contribution >= 0.6 is 0 Å². The Labute approximate surface area is 269 Å². The molecule has 6 rings (SSSR count). The van der Waals surface area contributed by atoms with E-state index in [1.807, 2.05) is 6.92 Å². The van der Waals surface area contributed by atoms with Crippen molar-refractivity contribution in [3.8, 4) is 17.2 Å². The van der Waals surface area contributed by atoms with E-state index < -0.39 is 83.5 Å². The van der Waals surface area contributed by atoms with Crippen LogP contribution in [0, 0.1) is 0 Å². The number of hydrogen-bond donors (Lipinski definition) is 6. The molecular formula is C32H37N5O10. The molecule has 1 aromatic heterocycles. The number of carbonyl (C=O) groups is 2. The highest BCUT2D eigenvalue weighted by Gasteiger charge is 2.49. The number of aliphatic hydroxyl groups is 3. The van der Waals surface area contributed by atoms with Crippen LogP contribution < -0.4 is 10.5 Å². The van der Waals surface area contributed by atoms with E-state index in [0.29, 0.717) is 6.42 Å². The maximum absolute atomic E-state index is 13.9. The zero-order valence-electron chi connectivity index (χ0n) is 26.1. The van der Waals surface area contributed by atoms with Crippen molar-refractivity contribution in [3.63, 3.8) is 0 Å². The summed E-state index contributed by atoms with van der Waals surface area (Å²) in [5.41, 5.74) is 3.74. The van der Waals surface area contributed by atoms with E-state index in [2.05, 4.69) is 15.3 Å². The summed E-state index contributed by atoms with van der Waals surface area (Å²) < 4.78 is 18.9. The van der Waals surface area contributed by atoms with Crippen molar-refractivity contribution in [2.45, 2.75) is 82.4 Å². The van der Waals surface area contributed by atoms with E-state index in [1.54, 1.807) is 13.1 Å². The van der Waals surface area contributed by atoms with E-state index >= 15 is 0 Å². The molecule has 47 heavy (non-hydrogen) atoms. The Bertz CT molecular complexity index is 1760. The van der Waals surface area contributed by atoms with E-state index in [4.69, 9.17) is 19.9 Å². The van der Waals surface area contributed by atoms with Crippen LogP contribution in [0.4, 0.5) is 0 Å². The Morgan fingerprint density at radius 1 is 1.19 bits per heavy atom. The fraction of sp³-hybridized carbons (Fsp3) is 0.469. The number of ketones is 2. The number of ether oxygens (including phenoxy) is 3. The van der Waals surface area contributed by atoms with Crippen molar-refractivity contribution in [1.82, 2.24) is 15.0 Å². The highest BCUT2D eigenvalue weighted by Crippen LogP contribution is 2.52. The molecule has 15 nitrogen and oxygen atoms in total. The largest absolute Gasteiger partial charge is 0.507 e. The van der Waals surface area contributed by atoms with Gasteiger partial charge in [-0.05, 0) is 19.4 Å². The van der Waals surface area contributed by atoms with Crippen molar-refractivity contribution in [3.05, 3.63) is 63.5 Å². The van der Waals surface area contributed by atoms with Crippen LogP contribution in [0.2, 0.25) is 0 Å². The van der Waals surface area contributed by atoms with Gasteiger partial charge in [0.2, 0.25) is 5.78 Å². The molecule has 7 N–H and O–H groups in total. The number of aryl methyl sites for hydroxylation is 1. The molecule has 2 heterocycles. The number of phenolic OH excluding ortho intramolecular Hbond substituents is 2. The van der Waals surface area contributed by atoms with Gasteiger partial charge in [-0.15, -0.1) is 5.10 Å². The summed E-state index contributed by atoms with van der Waals surface area (Å²) in [6.07, 6.45) is -2.33. The first-order valence-electron chi connectivity index (χ1n) is 15.3. The lowest BCUT2D eigenvalue weighted by Crippen LogP contribution is -2.53. The minimum atomic E-state index is -1.97. The maximum atomic E-state index is 13.9. The zero-order valence-corrected chi connectivity index (χ0v) is 26.1. The van der Waals surface area contributed by atoms with Crippen LogP contribution in [0.25, 0.3) is 0 Å². The second kappa shape index (κ2) is 12.4. The number of aromatic nitrogens is 3. The lowest BCUT2D eigenvalue weighted by atomic mass is 9.71. The fourth-order valence-corrected chi connectivity index (χ4v) is 6.68. The average molecular weight is 652 g/mol. The number of rotatable bonds is 8. The van der Waals surface area contributed by atoms with Crippen LogP contribution in [-0.2, 0) is 29.0 Å². The molecular weight excluding hydrogens is 614 g/mol. The number of benzene rings is 2. The predicted molar refractivity (Wildman–Crippen MR) is 164 cm³/mol. The van der Waals surface area contributed by atoms with Gasteiger partial charge in [0.05, 0.1) is 66.3 Å². The third kappa shape index (κ3) is 5.48. The number of methoxy groups -OCH3 is 1. The summed E-state index contributed by atoms with van der Waals surface area (Å²) in [6.45, 7) is 2.75. The summed E-state index contributed by atoms with van der Waals surface area (Å²) >= 11 is 0. The monoisotopic (exact) mass is 651 g/mol. The molecule has 0 bridgehead atoms. The number of carbonyl (C=O) groups excluding carboxylic acids is 2. The number of hydrogen-bond acceptors (Lipinski definition) is 14. The molecule has 0 amide bonds. The topological polar surface area (TPSA) is 232 Å². The molecule has 6 atom stereocenters. The third-order valence-electron chi connectivity index (χ3n) is 9.18. The van der Waals surface area contributed by atoms with Crippen LogP contribution in [0.1, 0.15) is 81.5 Å². The van der Waals surface area contributed by atoms with Gasteiger partial charge in [0.15, 0.2) is 12.1 Å². The number of aliphatic hydroxyl groups excluding tert-OH is 2. The quantitative estimate of drug-likeness (QED) is 0.114. The highest BCUT2D eigenvalue weighted by atomic mass is 16.7. The molecule has 0 spiro atoms. The Morgan fingerprint density at radius 3 is 2.60 bits per heavy atom. The standard InChI is InChI=1S/C32H37N5O10/c1-4-15-11-37(36-35-15)13-34-21(12-38)32(44)9-17-24(20(10-32)47-22-8-18(33)27(39)14(2)46-22)31(43)26-25(29(17)41)28(40)16-6-5-7-19(45-3)23(16)30(26)42/h5-7,11,14,18,20,22,27,38-39,41,43-44H,4,8-10,12-13,33H2,1-3H3/b34-21-.